The first-order valence-electron chi connectivity index (χ1n) is 7.21. The lowest BCUT2D eigenvalue weighted by Gasteiger charge is -2.34. The van der Waals surface area contributed by atoms with E-state index in [-0.39, 0.29) is 5.22 Å². The molecule has 1 N–H and O–H groups in total. The molecule has 1 heterocycles. The van der Waals surface area contributed by atoms with E-state index in [1.807, 2.05) is 12.1 Å². The summed E-state index contributed by atoms with van der Waals surface area (Å²) >= 11 is 0. The zero-order chi connectivity index (χ0) is 14.0. The second-order valence-corrected chi connectivity index (χ2v) is 7.28. The predicted octanol–water partition coefficient (Wildman–Crippen LogP) is 2.78. The summed E-state index contributed by atoms with van der Waals surface area (Å²) in [6, 6.07) is 16.0. The van der Waals surface area contributed by atoms with E-state index in [0.29, 0.717) is 5.75 Å². The maximum atomic E-state index is 9.56. The lowest BCUT2D eigenvalue weighted by molar-refractivity contribution is -0.0210. The Balaban J connectivity index is 1.88. The average Bonchev–Trinajstić information content (AvgIpc) is 2.48. The summed E-state index contributed by atoms with van der Waals surface area (Å²) in [6.07, 6.45) is 3.59. The van der Waals surface area contributed by atoms with Gasteiger partial charge in [0.15, 0.2) is 0 Å². The molecule has 0 saturated carbocycles. The molecule has 0 amide bonds. The third-order valence-corrected chi connectivity index (χ3v) is 5.51. The smallest absolute Gasteiger partial charge is 0.116 e. The molecule has 0 aromatic heterocycles. The molecule has 1 aliphatic rings. The number of hydrogen-bond donors (Lipinski definition) is 1. The zero-order valence-corrected chi connectivity index (χ0v) is 13.8. The fraction of sp³-hybridized carbons (Fsp3) is 0.294. The second-order valence-electron chi connectivity index (χ2n) is 5.66. The molecule has 1 unspecified atom stereocenters. The Morgan fingerprint density at radius 3 is 2.45 bits per heavy atom. The van der Waals surface area contributed by atoms with Crippen molar-refractivity contribution in [1.29, 1.82) is 0 Å². The molecule has 0 spiro atoms. The van der Waals surface area contributed by atoms with E-state index in [4.69, 9.17) is 4.74 Å². The van der Waals surface area contributed by atoms with Gasteiger partial charge in [-0.2, -0.15) is 0 Å². The minimum atomic E-state index is -0.00436. The van der Waals surface area contributed by atoms with Crippen molar-refractivity contribution in [2.45, 2.75) is 24.5 Å². The molecule has 1 atom stereocenters. The van der Waals surface area contributed by atoms with Gasteiger partial charge in [-0.1, -0.05) is 36.4 Å². The first kappa shape index (κ1) is 13.4. The second kappa shape index (κ2) is 5.42. The van der Waals surface area contributed by atoms with E-state index >= 15 is 0 Å². The highest BCUT2D eigenvalue weighted by atomic mass is 28.1. The normalized spacial score (nSPS) is 22.8. The van der Waals surface area contributed by atoms with Gasteiger partial charge in [-0.05, 0) is 48.1 Å². The Bertz CT molecular complexity index is 586. The van der Waals surface area contributed by atoms with Crippen LogP contribution in [0.5, 0.6) is 5.75 Å². The number of rotatable bonds is 2. The van der Waals surface area contributed by atoms with Crippen molar-refractivity contribution >= 4 is 10.2 Å². The van der Waals surface area contributed by atoms with E-state index in [0.717, 1.165) is 34.4 Å². The summed E-state index contributed by atoms with van der Waals surface area (Å²) in [5.74, 6) is 0.307. The van der Waals surface area contributed by atoms with Gasteiger partial charge in [-0.15, -0.1) is 0 Å². The number of phenolic OH excluding ortho intramolecular Hbond substituents is 1. The summed E-state index contributed by atoms with van der Waals surface area (Å²) in [7, 11) is 1.02. The summed E-state index contributed by atoms with van der Waals surface area (Å²) in [4.78, 5) is 0. The predicted molar refractivity (Wildman–Crippen MR) is 85.0 cm³/mol. The van der Waals surface area contributed by atoms with Gasteiger partial charge in [-0.25, -0.2) is 0 Å². The molecule has 1 fully saturated rings. The van der Waals surface area contributed by atoms with Crippen LogP contribution < -0.4 is 0 Å². The molecule has 20 heavy (non-hydrogen) atoms. The zero-order valence-electron chi connectivity index (χ0n) is 11.8. The van der Waals surface area contributed by atoms with Crippen molar-refractivity contribution in [3.05, 3.63) is 54.1 Å². The standard InChI is InChI=1S/C17H20O2Si/c18-16-5-3-4-14(12-16)13-6-8-15(9-7-13)17(20)10-1-2-11-19-17/h3-9,12,18H,1-2,10-11H2,20H3. The van der Waals surface area contributed by atoms with E-state index in [9.17, 15) is 5.11 Å². The van der Waals surface area contributed by atoms with Crippen LogP contribution in [0, 0.1) is 0 Å². The first-order chi connectivity index (χ1) is 9.67. The van der Waals surface area contributed by atoms with Crippen molar-refractivity contribution in [2.24, 2.45) is 0 Å². The molecule has 0 bridgehead atoms. The molecule has 3 heteroatoms. The highest BCUT2D eigenvalue weighted by Crippen LogP contribution is 2.33. The monoisotopic (exact) mass is 284 g/mol. The Hall–Kier alpha value is -1.58. The molecule has 0 radical (unpaired) electrons. The van der Waals surface area contributed by atoms with Crippen LogP contribution in [0.25, 0.3) is 11.1 Å². The fourth-order valence-corrected chi connectivity index (χ4v) is 3.75. The van der Waals surface area contributed by atoms with Crippen LogP contribution in [-0.2, 0) is 9.96 Å². The van der Waals surface area contributed by atoms with Crippen LogP contribution in [0.4, 0.5) is 0 Å². The van der Waals surface area contributed by atoms with Gasteiger partial charge in [0.05, 0.1) is 5.22 Å². The van der Waals surface area contributed by atoms with Gasteiger partial charge >= 0.3 is 0 Å². The van der Waals surface area contributed by atoms with Gasteiger partial charge in [0.2, 0.25) is 0 Å². The minimum absolute atomic E-state index is 0.00436. The highest BCUT2D eigenvalue weighted by molar-refractivity contribution is 6.14. The van der Waals surface area contributed by atoms with Crippen molar-refractivity contribution in [1.82, 2.24) is 0 Å². The third-order valence-electron chi connectivity index (χ3n) is 4.14. The van der Waals surface area contributed by atoms with Crippen molar-refractivity contribution < 1.29 is 9.84 Å². The Morgan fingerprint density at radius 2 is 1.80 bits per heavy atom. The molecular weight excluding hydrogens is 264 g/mol. The third kappa shape index (κ3) is 2.64. The van der Waals surface area contributed by atoms with Gasteiger partial charge in [0.1, 0.15) is 5.75 Å². The summed E-state index contributed by atoms with van der Waals surface area (Å²) in [6.45, 7) is 0.887. The number of phenols is 1. The topological polar surface area (TPSA) is 29.5 Å². The summed E-state index contributed by atoms with van der Waals surface area (Å²) < 4.78 is 6.04. The van der Waals surface area contributed by atoms with E-state index in [1.165, 1.54) is 18.4 Å². The van der Waals surface area contributed by atoms with E-state index in [1.54, 1.807) is 12.1 Å². The SMILES string of the molecule is Oc1cccc(-c2ccc(C3([SiH3])CCCCO3)cc2)c1. The Morgan fingerprint density at radius 1 is 1.00 bits per heavy atom. The quantitative estimate of drug-likeness (QED) is 0.859. The highest BCUT2D eigenvalue weighted by Gasteiger charge is 2.29. The van der Waals surface area contributed by atoms with E-state index in [2.05, 4.69) is 24.3 Å². The maximum absolute atomic E-state index is 9.56. The number of aromatic hydroxyl groups is 1. The van der Waals surface area contributed by atoms with E-state index < -0.39 is 0 Å². The maximum Gasteiger partial charge on any atom is 0.116 e. The van der Waals surface area contributed by atoms with Gasteiger partial charge in [0, 0.05) is 16.8 Å². The van der Waals surface area contributed by atoms with Gasteiger partial charge in [0.25, 0.3) is 0 Å². The average molecular weight is 284 g/mol. The number of hydrogen-bond acceptors (Lipinski definition) is 2. The number of ether oxygens (including phenoxy) is 1. The Kier molecular flexibility index (Phi) is 3.64. The Labute approximate surface area is 122 Å². The lowest BCUT2D eigenvalue weighted by atomic mass is 9.97. The summed E-state index contributed by atoms with van der Waals surface area (Å²) in [5, 5.41) is 9.56. The van der Waals surface area contributed by atoms with Crippen LogP contribution >= 0.6 is 0 Å². The molecule has 2 nitrogen and oxygen atoms in total. The first-order valence-corrected chi connectivity index (χ1v) is 8.21. The molecule has 1 aliphatic heterocycles. The number of benzene rings is 2. The van der Waals surface area contributed by atoms with Crippen molar-refractivity contribution in [3.8, 4) is 16.9 Å². The summed E-state index contributed by atoms with van der Waals surface area (Å²) in [5.41, 5.74) is 3.47. The fourth-order valence-electron chi connectivity index (χ4n) is 2.86. The molecule has 3 rings (SSSR count). The lowest BCUT2D eigenvalue weighted by Crippen LogP contribution is -2.33. The molecule has 2 aromatic rings. The van der Waals surface area contributed by atoms with Crippen LogP contribution in [0.15, 0.2) is 48.5 Å². The van der Waals surface area contributed by atoms with Crippen molar-refractivity contribution in [2.75, 3.05) is 6.61 Å². The minimum Gasteiger partial charge on any atom is -0.508 e. The molecule has 104 valence electrons. The molecule has 2 aromatic carbocycles. The largest absolute Gasteiger partial charge is 0.508 e. The van der Waals surface area contributed by atoms with Gasteiger partial charge in [-0.3, -0.25) is 0 Å². The van der Waals surface area contributed by atoms with Crippen LogP contribution in [0.2, 0.25) is 0 Å². The molecular formula is C17H20O2Si. The van der Waals surface area contributed by atoms with Crippen LogP contribution in [0.3, 0.4) is 0 Å². The van der Waals surface area contributed by atoms with Crippen LogP contribution in [0.1, 0.15) is 24.8 Å². The van der Waals surface area contributed by atoms with Crippen molar-refractivity contribution in [3.63, 3.8) is 0 Å². The van der Waals surface area contributed by atoms with Crippen LogP contribution in [-0.4, -0.2) is 22.0 Å². The molecule has 0 aliphatic carbocycles. The van der Waals surface area contributed by atoms with Gasteiger partial charge < -0.3 is 9.84 Å². The molecule has 1 saturated heterocycles.